The number of ether oxygens (including phenoxy) is 1. The van der Waals surface area contributed by atoms with Crippen LogP contribution in [0.4, 0.5) is 0 Å². The number of rotatable bonds is 6. The highest BCUT2D eigenvalue weighted by Crippen LogP contribution is 2.22. The molecule has 1 aromatic heterocycles. The van der Waals surface area contributed by atoms with E-state index in [-0.39, 0.29) is 18.7 Å². The van der Waals surface area contributed by atoms with Gasteiger partial charge in [-0.2, -0.15) is 5.10 Å². The molecule has 1 aliphatic heterocycles. The summed E-state index contributed by atoms with van der Waals surface area (Å²) < 4.78 is 6.66. The van der Waals surface area contributed by atoms with Crippen molar-refractivity contribution in [3.63, 3.8) is 0 Å². The van der Waals surface area contributed by atoms with Crippen LogP contribution in [0.25, 0.3) is 5.69 Å². The van der Waals surface area contributed by atoms with Crippen LogP contribution in [0, 0.1) is 13.8 Å². The fraction of sp³-hybridized carbons (Fsp3) is 0.174. The van der Waals surface area contributed by atoms with Crippen LogP contribution in [0.15, 0.2) is 54.6 Å². The van der Waals surface area contributed by atoms with E-state index in [9.17, 15) is 19.2 Å². The van der Waals surface area contributed by atoms with E-state index in [2.05, 4.69) is 5.10 Å². The summed E-state index contributed by atoms with van der Waals surface area (Å²) in [6.45, 7) is 2.94. The summed E-state index contributed by atoms with van der Waals surface area (Å²) >= 11 is 0. The number of carbonyl (C=O) groups is 4. The molecule has 8 nitrogen and oxygen atoms in total. The van der Waals surface area contributed by atoms with Gasteiger partial charge in [0.2, 0.25) is 0 Å². The number of aromatic nitrogens is 2. The smallest absolute Gasteiger partial charge is 0.379 e. The summed E-state index contributed by atoms with van der Waals surface area (Å²) in [5.74, 6) is -2.77. The zero-order valence-electron chi connectivity index (χ0n) is 17.0. The van der Waals surface area contributed by atoms with Gasteiger partial charge in [-0.15, -0.1) is 0 Å². The Morgan fingerprint density at radius 3 is 2.10 bits per heavy atom. The van der Waals surface area contributed by atoms with Gasteiger partial charge in [0.15, 0.2) is 0 Å². The number of hydrogen-bond acceptors (Lipinski definition) is 6. The molecular weight excluding hydrogens is 398 g/mol. The molecular formula is C23H19N3O5. The maximum absolute atomic E-state index is 12.7. The van der Waals surface area contributed by atoms with E-state index in [0.29, 0.717) is 22.5 Å². The molecule has 2 aromatic carbocycles. The van der Waals surface area contributed by atoms with Crippen molar-refractivity contribution in [1.82, 2.24) is 14.7 Å². The van der Waals surface area contributed by atoms with Crippen LogP contribution in [-0.4, -0.2) is 51.4 Å². The highest BCUT2D eigenvalue weighted by Gasteiger charge is 2.35. The van der Waals surface area contributed by atoms with Crippen molar-refractivity contribution in [2.75, 3.05) is 13.2 Å². The van der Waals surface area contributed by atoms with Crippen LogP contribution in [0.2, 0.25) is 0 Å². The molecule has 0 saturated heterocycles. The first kappa shape index (κ1) is 20.2. The van der Waals surface area contributed by atoms with Gasteiger partial charge in [0.05, 0.1) is 40.3 Å². The molecule has 0 aliphatic carbocycles. The van der Waals surface area contributed by atoms with Crippen LogP contribution in [0.1, 0.15) is 42.5 Å². The Bertz CT molecular complexity index is 1180. The Balaban J connectivity index is 1.42. The fourth-order valence-corrected chi connectivity index (χ4v) is 3.63. The number of Topliss-reactive ketones (excluding diaryl/α,β-unsaturated/α-hetero) is 1. The maximum atomic E-state index is 12.7. The predicted molar refractivity (Wildman–Crippen MR) is 110 cm³/mol. The molecule has 2 amide bonds. The highest BCUT2D eigenvalue weighted by atomic mass is 16.5. The van der Waals surface area contributed by atoms with Gasteiger partial charge >= 0.3 is 5.97 Å². The largest absolute Gasteiger partial charge is 0.458 e. The third-order valence-corrected chi connectivity index (χ3v) is 5.13. The number of para-hydroxylation sites is 1. The van der Waals surface area contributed by atoms with E-state index < -0.39 is 23.6 Å². The average Bonchev–Trinajstić information content (AvgIpc) is 3.21. The quantitative estimate of drug-likeness (QED) is 0.265. The summed E-state index contributed by atoms with van der Waals surface area (Å²) in [7, 11) is 0. The van der Waals surface area contributed by atoms with Crippen LogP contribution in [0.5, 0.6) is 0 Å². The Morgan fingerprint density at radius 1 is 0.903 bits per heavy atom. The van der Waals surface area contributed by atoms with Crippen molar-refractivity contribution in [2.45, 2.75) is 13.8 Å². The van der Waals surface area contributed by atoms with Crippen LogP contribution >= 0.6 is 0 Å². The average molecular weight is 417 g/mol. The van der Waals surface area contributed by atoms with Crippen molar-refractivity contribution >= 4 is 23.6 Å². The van der Waals surface area contributed by atoms with Crippen LogP contribution in [0.3, 0.4) is 0 Å². The summed E-state index contributed by atoms with van der Waals surface area (Å²) in [4.78, 5) is 50.8. The van der Waals surface area contributed by atoms with Crippen molar-refractivity contribution in [3.8, 4) is 5.69 Å². The lowest BCUT2D eigenvalue weighted by Gasteiger charge is -2.13. The first-order valence-corrected chi connectivity index (χ1v) is 9.68. The standard InChI is InChI=1S/C23H19N3O5/c1-14-19(15(2)26(24-14)16-8-4-3-5-9-16)20(27)23(30)31-13-12-25-21(28)17-10-6-7-11-18(17)22(25)29/h3-11H,12-13H2,1-2H3. The second kappa shape index (κ2) is 7.98. The molecule has 8 heteroatoms. The van der Waals surface area contributed by atoms with Gasteiger partial charge in [-0.1, -0.05) is 30.3 Å². The molecule has 0 bridgehead atoms. The van der Waals surface area contributed by atoms with Gasteiger partial charge in [-0.25, -0.2) is 9.48 Å². The number of fused-ring (bicyclic) bond motifs is 1. The monoisotopic (exact) mass is 417 g/mol. The molecule has 0 unspecified atom stereocenters. The van der Waals surface area contributed by atoms with Gasteiger partial charge < -0.3 is 4.74 Å². The Hall–Kier alpha value is -4.07. The lowest BCUT2D eigenvalue weighted by Crippen LogP contribution is -2.34. The Kier molecular flexibility index (Phi) is 5.21. The zero-order valence-corrected chi connectivity index (χ0v) is 17.0. The molecule has 0 spiro atoms. The molecule has 0 radical (unpaired) electrons. The number of amides is 2. The predicted octanol–water partition coefficient (Wildman–Crippen LogP) is 2.51. The van der Waals surface area contributed by atoms with Crippen LogP contribution < -0.4 is 0 Å². The number of aryl methyl sites for hydroxylation is 1. The molecule has 0 saturated carbocycles. The van der Waals surface area contributed by atoms with Gasteiger partial charge in [-0.05, 0) is 38.1 Å². The fourth-order valence-electron chi connectivity index (χ4n) is 3.63. The normalized spacial score (nSPS) is 12.8. The molecule has 0 atom stereocenters. The number of ketones is 1. The lowest BCUT2D eigenvalue weighted by atomic mass is 10.1. The van der Waals surface area contributed by atoms with Gasteiger partial charge in [0, 0.05) is 0 Å². The first-order chi connectivity index (χ1) is 14.9. The second-order valence-corrected chi connectivity index (χ2v) is 7.07. The Labute approximate surface area is 178 Å². The molecule has 4 rings (SSSR count). The van der Waals surface area contributed by atoms with Gasteiger partial charge in [0.1, 0.15) is 6.61 Å². The molecule has 1 aliphatic rings. The number of benzene rings is 2. The second-order valence-electron chi connectivity index (χ2n) is 7.07. The molecule has 0 N–H and O–H groups in total. The SMILES string of the molecule is Cc1nn(-c2ccccc2)c(C)c1C(=O)C(=O)OCCN1C(=O)c2ccccc2C1=O. The molecule has 3 aromatic rings. The summed E-state index contributed by atoms with van der Waals surface area (Å²) in [5, 5.41) is 4.36. The van der Waals surface area contributed by atoms with Crippen molar-refractivity contribution < 1.29 is 23.9 Å². The molecule has 31 heavy (non-hydrogen) atoms. The van der Waals surface area contributed by atoms with Gasteiger partial charge in [-0.3, -0.25) is 19.3 Å². The minimum absolute atomic E-state index is 0.132. The molecule has 2 heterocycles. The summed E-state index contributed by atoms with van der Waals surface area (Å²) in [6, 6.07) is 15.7. The van der Waals surface area contributed by atoms with E-state index in [1.165, 1.54) is 0 Å². The topological polar surface area (TPSA) is 98.6 Å². The molecule has 0 fully saturated rings. The number of carbonyl (C=O) groups excluding carboxylic acids is 4. The maximum Gasteiger partial charge on any atom is 0.379 e. The van der Waals surface area contributed by atoms with E-state index in [1.54, 1.807) is 42.8 Å². The lowest BCUT2D eigenvalue weighted by molar-refractivity contribution is -0.138. The van der Waals surface area contributed by atoms with Crippen molar-refractivity contribution in [3.05, 3.63) is 82.7 Å². The van der Waals surface area contributed by atoms with Gasteiger partial charge in [0.25, 0.3) is 17.6 Å². The van der Waals surface area contributed by atoms with Crippen LogP contribution in [-0.2, 0) is 9.53 Å². The third-order valence-electron chi connectivity index (χ3n) is 5.13. The van der Waals surface area contributed by atoms with Crippen molar-refractivity contribution in [2.24, 2.45) is 0 Å². The Morgan fingerprint density at radius 2 is 1.48 bits per heavy atom. The number of hydrogen-bond donors (Lipinski definition) is 0. The van der Waals surface area contributed by atoms with E-state index in [0.717, 1.165) is 10.6 Å². The first-order valence-electron chi connectivity index (χ1n) is 9.68. The third kappa shape index (κ3) is 3.52. The van der Waals surface area contributed by atoms with E-state index in [4.69, 9.17) is 4.74 Å². The minimum atomic E-state index is -1.06. The summed E-state index contributed by atoms with van der Waals surface area (Å²) in [5.41, 5.74) is 2.49. The summed E-state index contributed by atoms with van der Waals surface area (Å²) in [6.07, 6.45) is 0. The number of nitrogens with zero attached hydrogens (tertiary/aromatic N) is 3. The highest BCUT2D eigenvalue weighted by molar-refractivity contribution is 6.41. The molecule has 156 valence electrons. The van der Waals surface area contributed by atoms with Crippen molar-refractivity contribution in [1.29, 1.82) is 0 Å². The number of imide groups is 1. The number of esters is 1. The van der Waals surface area contributed by atoms with E-state index in [1.807, 2.05) is 30.3 Å². The van der Waals surface area contributed by atoms with E-state index >= 15 is 0 Å². The zero-order chi connectivity index (χ0) is 22.1. The minimum Gasteiger partial charge on any atom is -0.458 e.